The standard InChI is InChI=1S/C14H17FN2/c15-12-5-2-1-4-11(12)14(6-3-7-14)10-13-16-8-9-17-13/h1-2,4-5H,3,6-10H2,(H,16,17). The van der Waals surface area contributed by atoms with Gasteiger partial charge in [-0.3, -0.25) is 4.99 Å². The smallest absolute Gasteiger partial charge is 0.126 e. The van der Waals surface area contributed by atoms with Gasteiger partial charge in [0, 0.05) is 18.4 Å². The normalized spacial score (nSPS) is 21.6. The number of amidine groups is 1. The van der Waals surface area contributed by atoms with Gasteiger partial charge in [0.1, 0.15) is 5.82 Å². The summed E-state index contributed by atoms with van der Waals surface area (Å²) in [6.45, 7) is 1.80. The maximum Gasteiger partial charge on any atom is 0.126 e. The van der Waals surface area contributed by atoms with Crippen LogP contribution in [0.5, 0.6) is 0 Å². The molecular formula is C14H17FN2. The minimum Gasteiger partial charge on any atom is -0.372 e. The summed E-state index contributed by atoms with van der Waals surface area (Å²) in [6, 6.07) is 7.20. The molecule has 0 atom stereocenters. The molecule has 0 aromatic heterocycles. The topological polar surface area (TPSA) is 24.4 Å². The highest BCUT2D eigenvalue weighted by atomic mass is 19.1. The number of aliphatic imine (C=N–C) groups is 1. The molecule has 3 rings (SSSR count). The van der Waals surface area contributed by atoms with Gasteiger partial charge in [-0.1, -0.05) is 24.6 Å². The molecule has 0 unspecified atom stereocenters. The van der Waals surface area contributed by atoms with E-state index < -0.39 is 0 Å². The Morgan fingerprint density at radius 2 is 2.12 bits per heavy atom. The van der Waals surface area contributed by atoms with E-state index in [0.29, 0.717) is 0 Å². The maximum absolute atomic E-state index is 13.9. The molecule has 1 heterocycles. The Balaban J connectivity index is 1.89. The van der Waals surface area contributed by atoms with Crippen LogP contribution in [0.2, 0.25) is 0 Å². The fourth-order valence-electron chi connectivity index (χ4n) is 2.92. The molecule has 2 nitrogen and oxygen atoms in total. The molecule has 0 amide bonds. The Labute approximate surface area is 101 Å². The molecule has 0 radical (unpaired) electrons. The zero-order chi connectivity index (χ0) is 11.7. The SMILES string of the molecule is Fc1ccccc1C1(CC2=NCCN2)CCC1. The molecule has 1 saturated carbocycles. The maximum atomic E-state index is 13.9. The van der Waals surface area contributed by atoms with Crippen LogP contribution in [0.3, 0.4) is 0 Å². The second kappa shape index (κ2) is 4.13. The second-order valence-electron chi connectivity index (χ2n) is 5.05. The van der Waals surface area contributed by atoms with Gasteiger partial charge in [-0.25, -0.2) is 4.39 Å². The third-order valence-electron chi connectivity index (χ3n) is 4.01. The number of rotatable bonds is 3. The highest BCUT2D eigenvalue weighted by molar-refractivity contribution is 5.85. The summed E-state index contributed by atoms with van der Waals surface area (Å²) in [7, 11) is 0. The van der Waals surface area contributed by atoms with E-state index in [0.717, 1.165) is 43.8 Å². The quantitative estimate of drug-likeness (QED) is 0.851. The molecule has 1 aliphatic carbocycles. The molecule has 1 N–H and O–H groups in total. The van der Waals surface area contributed by atoms with Gasteiger partial charge in [-0.05, 0) is 24.5 Å². The summed E-state index contributed by atoms with van der Waals surface area (Å²) in [4.78, 5) is 4.44. The van der Waals surface area contributed by atoms with Crippen LogP contribution in [0.25, 0.3) is 0 Å². The lowest BCUT2D eigenvalue weighted by atomic mass is 9.62. The van der Waals surface area contributed by atoms with Crippen LogP contribution >= 0.6 is 0 Å². The van der Waals surface area contributed by atoms with E-state index in [4.69, 9.17) is 0 Å². The summed E-state index contributed by atoms with van der Waals surface area (Å²) in [5.74, 6) is 0.999. The van der Waals surface area contributed by atoms with Gasteiger partial charge in [0.2, 0.25) is 0 Å². The summed E-state index contributed by atoms with van der Waals surface area (Å²) < 4.78 is 13.9. The van der Waals surface area contributed by atoms with Crippen molar-refractivity contribution < 1.29 is 4.39 Å². The number of nitrogens with one attached hydrogen (secondary N) is 1. The highest BCUT2D eigenvalue weighted by Gasteiger charge is 2.41. The van der Waals surface area contributed by atoms with Crippen molar-refractivity contribution in [3.05, 3.63) is 35.6 Å². The van der Waals surface area contributed by atoms with Gasteiger partial charge in [-0.2, -0.15) is 0 Å². The van der Waals surface area contributed by atoms with Crippen molar-refractivity contribution in [2.45, 2.75) is 31.1 Å². The zero-order valence-corrected chi connectivity index (χ0v) is 9.88. The molecule has 1 aromatic carbocycles. The number of halogens is 1. The number of nitrogens with zero attached hydrogens (tertiary/aromatic N) is 1. The predicted octanol–water partition coefficient (Wildman–Crippen LogP) is 2.64. The second-order valence-corrected chi connectivity index (χ2v) is 5.05. The molecule has 1 aliphatic heterocycles. The van der Waals surface area contributed by atoms with Crippen LogP contribution in [-0.4, -0.2) is 18.9 Å². The zero-order valence-electron chi connectivity index (χ0n) is 9.88. The average Bonchev–Trinajstić information content (AvgIpc) is 2.77. The van der Waals surface area contributed by atoms with Crippen molar-refractivity contribution in [1.82, 2.24) is 5.32 Å². The molecular weight excluding hydrogens is 215 g/mol. The molecule has 90 valence electrons. The van der Waals surface area contributed by atoms with Gasteiger partial charge >= 0.3 is 0 Å². The number of hydrogen-bond donors (Lipinski definition) is 1. The lowest BCUT2D eigenvalue weighted by molar-refractivity contribution is 0.244. The van der Waals surface area contributed by atoms with Crippen LogP contribution in [0.1, 0.15) is 31.2 Å². The van der Waals surface area contributed by atoms with Crippen molar-refractivity contribution in [2.24, 2.45) is 4.99 Å². The molecule has 1 aromatic rings. The van der Waals surface area contributed by atoms with Crippen LogP contribution in [-0.2, 0) is 5.41 Å². The third-order valence-corrected chi connectivity index (χ3v) is 4.01. The third kappa shape index (κ3) is 1.84. The highest BCUT2D eigenvalue weighted by Crippen LogP contribution is 2.47. The largest absolute Gasteiger partial charge is 0.372 e. The van der Waals surface area contributed by atoms with Crippen molar-refractivity contribution in [2.75, 3.05) is 13.1 Å². The monoisotopic (exact) mass is 232 g/mol. The minimum absolute atomic E-state index is 0.00150. The first-order valence-corrected chi connectivity index (χ1v) is 6.32. The lowest BCUT2D eigenvalue weighted by Crippen LogP contribution is -2.39. The molecule has 1 fully saturated rings. The van der Waals surface area contributed by atoms with Crippen molar-refractivity contribution >= 4 is 5.84 Å². The van der Waals surface area contributed by atoms with Crippen LogP contribution in [0, 0.1) is 5.82 Å². The first-order chi connectivity index (χ1) is 8.30. The Hall–Kier alpha value is -1.38. The summed E-state index contributed by atoms with van der Waals surface area (Å²) in [5, 5.41) is 3.30. The minimum atomic E-state index is -0.0641. The van der Waals surface area contributed by atoms with E-state index in [1.165, 1.54) is 6.42 Å². The number of benzene rings is 1. The van der Waals surface area contributed by atoms with Crippen LogP contribution in [0.15, 0.2) is 29.3 Å². The van der Waals surface area contributed by atoms with Gasteiger partial charge < -0.3 is 5.32 Å². The molecule has 3 heteroatoms. The fraction of sp³-hybridized carbons (Fsp3) is 0.500. The Kier molecular flexibility index (Phi) is 2.61. The van der Waals surface area contributed by atoms with E-state index in [2.05, 4.69) is 10.3 Å². The average molecular weight is 232 g/mol. The van der Waals surface area contributed by atoms with E-state index >= 15 is 0 Å². The van der Waals surface area contributed by atoms with E-state index in [1.807, 2.05) is 12.1 Å². The molecule has 0 bridgehead atoms. The molecule has 0 saturated heterocycles. The van der Waals surface area contributed by atoms with Crippen molar-refractivity contribution in [1.29, 1.82) is 0 Å². The van der Waals surface area contributed by atoms with Gasteiger partial charge in [0.15, 0.2) is 0 Å². The lowest BCUT2D eigenvalue weighted by Gasteiger charge is -2.42. The molecule has 2 aliphatic rings. The molecule has 0 spiro atoms. The van der Waals surface area contributed by atoms with E-state index in [9.17, 15) is 4.39 Å². The van der Waals surface area contributed by atoms with Crippen LogP contribution < -0.4 is 5.32 Å². The summed E-state index contributed by atoms with van der Waals surface area (Å²) in [6.07, 6.45) is 4.22. The van der Waals surface area contributed by atoms with E-state index in [-0.39, 0.29) is 11.2 Å². The number of hydrogen-bond acceptors (Lipinski definition) is 2. The van der Waals surface area contributed by atoms with Gasteiger partial charge in [0.05, 0.1) is 12.4 Å². The molecule has 17 heavy (non-hydrogen) atoms. The summed E-state index contributed by atoms with van der Waals surface area (Å²) in [5.41, 5.74) is 0.879. The first kappa shape index (κ1) is 10.8. The summed E-state index contributed by atoms with van der Waals surface area (Å²) >= 11 is 0. The van der Waals surface area contributed by atoms with Crippen molar-refractivity contribution in [3.63, 3.8) is 0 Å². The van der Waals surface area contributed by atoms with Crippen LogP contribution in [0.4, 0.5) is 4.39 Å². The van der Waals surface area contributed by atoms with E-state index in [1.54, 1.807) is 12.1 Å². The Bertz CT molecular complexity index is 449. The predicted molar refractivity (Wildman–Crippen MR) is 66.9 cm³/mol. The van der Waals surface area contributed by atoms with Crippen molar-refractivity contribution in [3.8, 4) is 0 Å². The van der Waals surface area contributed by atoms with Gasteiger partial charge in [0.25, 0.3) is 0 Å². The first-order valence-electron chi connectivity index (χ1n) is 6.32. The fourth-order valence-corrected chi connectivity index (χ4v) is 2.92. The van der Waals surface area contributed by atoms with Gasteiger partial charge in [-0.15, -0.1) is 0 Å². The Morgan fingerprint density at radius 3 is 2.71 bits per heavy atom. The Morgan fingerprint density at radius 1 is 1.29 bits per heavy atom.